The molecule has 2 aromatic carbocycles. The molecule has 3 aromatic rings. The molecule has 1 atom stereocenters. The summed E-state index contributed by atoms with van der Waals surface area (Å²) in [6.07, 6.45) is 2.99. The maximum Gasteiger partial charge on any atom is 0.337 e. The number of aliphatic hydroxyl groups is 1. The second-order valence-electron chi connectivity index (χ2n) is 6.85. The number of Topliss-reactive ketones (excluding diaryl/α,β-unsaturated/α-hetero) is 1. The van der Waals surface area contributed by atoms with Gasteiger partial charge in [-0.15, -0.1) is 0 Å². The van der Waals surface area contributed by atoms with Gasteiger partial charge in [0, 0.05) is 23.6 Å². The van der Waals surface area contributed by atoms with Crippen LogP contribution in [0.3, 0.4) is 0 Å². The Labute approximate surface area is 178 Å². The van der Waals surface area contributed by atoms with E-state index in [2.05, 4.69) is 4.98 Å². The number of hydrogen-bond acceptors (Lipinski definition) is 6. The Hall–Kier alpha value is -4.26. The Morgan fingerprint density at radius 3 is 2.19 bits per heavy atom. The summed E-state index contributed by atoms with van der Waals surface area (Å²) in [4.78, 5) is 43.0. The molecule has 0 spiro atoms. The molecule has 0 aliphatic carbocycles. The molecule has 1 aliphatic rings. The van der Waals surface area contributed by atoms with Gasteiger partial charge >= 0.3 is 5.97 Å². The number of methoxy groups -OCH3 is 1. The van der Waals surface area contributed by atoms with Crippen molar-refractivity contribution in [2.75, 3.05) is 12.0 Å². The zero-order valence-electron chi connectivity index (χ0n) is 16.6. The van der Waals surface area contributed by atoms with Crippen molar-refractivity contribution in [2.24, 2.45) is 0 Å². The lowest BCUT2D eigenvalue weighted by Gasteiger charge is -2.25. The summed E-state index contributed by atoms with van der Waals surface area (Å²) >= 11 is 0. The number of hydrogen-bond donors (Lipinski definition) is 1. The number of rotatable bonds is 4. The minimum absolute atomic E-state index is 0.0144. The molecule has 1 amide bonds. The van der Waals surface area contributed by atoms with Crippen molar-refractivity contribution >= 4 is 29.1 Å². The first-order valence-corrected chi connectivity index (χ1v) is 9.47. The Morgan fingerprint density at radius 1 is 0.935 bits per heavy atom. The molecular formula is C24H18N2O5. The predicted octanol–water partition coefficient (Wildman–Crippen LogP) is 3.49. The van der Waals surface area contributed by atoms with Crippen LogP contribution in [0.25, 0.3) is 5.76 Å². The van der Waals surface area contributed by atoms with Crippen molar-refractivity contribution < 1.29 is 24.2 Å². The summed E-state index contributed by atoms with van der Waals surface area (Å²) < 4.78 is 4.71. The number of aliphatic hydroxyl groups excluding tert-OH is 1. The molecule has 1 aliphatic heterocycles. The van der Waals surface area contributed by atoms with E-state index in [1.54, 1.807) is 48.5 Å². The van der Waals surface area contributed by atoms with Gasteiger partial charge in [0.15, 0.2) is 0 Å². The average molecular weight is 414 g/mol. The van der Waals surface area contributed by atoms with Crippen LogP contribution in [0.1, 0.15) is 27.5 Å². The Bertz CT molecular complexity index is 1170. The summed E-state index contributed by atoms with van der Waals surface area (Å²) in [6.45, 7) is 0. The monoisotopic (exact) mass is 414 g/mol. The van der Waals surface area contributed by atoms with Gasteiger partial charge in [-0.1, -0.05) is 30.3 Å². The molecule has 0 saturated carbocycles. The van der Waals surface area contributed by atoms with E-state index in [-0.39, 0.29) is 11.3 Å². The topological polar surface area (TPSA) is 96.8 Å². The molecule has 1 N–H and O–H groups in total. The van der Waals surface area contributed by atoms with Gasteiger partial charge in [-0.25, -0.2) is 4.79 Å². The zero-order chi connectivity index (χ0) is 22.0. The Balaban J connectivity index is 1.88. The number of ketones is 1. The maximum absolute atomic E-state index is 13.0. The third kappa shape index (κ3) is 3.57. The number of aromatic nitrogens is 1. The summed E-state index contributed by atoms with van der Waals surface area (Å²) in [5, 5.41) is 10.9. The first-order valence-electron chi connectivity index (χ1n) is 9.47. The minimum atomic E-state index is -0.835. The van der Waals surface area contributed by atoms with Gasteiger partial charge < -0.3 is 9.84 Å². The molecule has 1 aromatic heterocycles. The van der Waals surface area contributed by atoms with E-state index in [1.165, 1.54) is 36.5 Å². The minimum Gasteiger partial charge on any atom is -0.507 e. The van der Waals surface area contributed by atoms with Crippen LogP contribution >= 0.6 is 0 Å². The van der Waals surface area contributed by atoms with Crippen molar-refractivity contribution in [1.29, 1.82) is 0 Å². The zero-order valence-corrected chi connectivity index (χ0v) is 16.6. The summed E-state index contributed by atoms with van der Waals surface area (Å²) in [6, 6.07) is 17.5. The summed E-state index contributed by atoms with van der Waals surface area (Å²) in [7, 11) is 1.28. The van der Waals surface area contributed by atoms with Gasteiger partial charge in [0.2, 0.25) is 0 Å². The number of nitrogens with zero attached hydrogens (tertiary/aromatic N) is 2. The molecule has 7 heteroatoms. The van der Waals surface area contributed by atoms with Crippen molar-refractivity contribution in [2.45, 2.75) is 6.04 Å². The van der Waals surface area contributed by atoms with Crippen LogP contribution in [0.15, 0.2) is 84.7 Å². The van der Waals surface area contributed by atoms with Crippen molar-refractivity contribution in [3.8, 4) is 0 Å². The van der Waals surface area contributed by atoms with Crippen LogP contribution in [-0.2, 0) is 14.3 Å². The fraction of sp³-hybridized carbons (Fsp3) is 0.0833. The number of ether oxygens (including phenoxy) is 1. The fourth-order valence-corrected chi connectivity index (χ4v) is 3.59. The molecule has 4 rings (SSSR count). The van der Waals surface area contributed by atoms with Crippen molar-refractivity contribution in [1.82, 2.24) is 4.98 Å². The van der Waals surface area contributed by atoms with Gasteiger partial charge in [-0.2, -0.15) is 0 Å². The predicted molar refractivity (Wildman–Crippen MR) is 113 cm³/mol. The molecule has 7 nitrogen and oxygen atoms in total. The van der Waals surface area contributed by atoms with Crippen LogP contribution in [0.4, 0.5) is 5.69 Å². The van der Waals surface area contributed by atoms with Crippen LogP contribution in [0.5, 0.6) is 0 Å². The highest BCUT2D eigenvalue weighted by Gasteiger charge is 2.46. The van der Waals surface area contributed by atoms with Crippen molar-refractivity contribution in [3.63, 3.8) is 0 Å². The second-order valence-corrected chi connectivity index (χ2v) is 6.85. The lowest BCUT2D eigenvalue weighted by atomic mass is 9.95. The number of anilines is 1. The second kappa shape index (κ2) is 8.23. The third-order valence-corrected chi connectivity index (χ3v) is 5.08. The van der Waals surface area contributed by atoms with Gasteiger partial charge in [0.25, 0.3) is 11.7 Å². The number of pyridine rings is 1. The quantitative estimate of drug-likeness (QED) is 0.304. The standard InChI is InChI=1S/C24H18N2O5/c1-31-24(30)17-7-9-18(10-8-17)26-20(15-5-3-2-4-6-15)19(22(28)23(26)29)21(27)16-11-13-25-14-12-16/h2-14,20,27H,1H3/b21-19+. The summed E-state index contributed by atoms with van der Waals surface area (Å²) in [5.41, 5.74) is 1.76. The van der Waals surface area contributed by atoms with Gasteiger partial charge in [0.05, 0.1) is 24.3 Å². The van der Waals surface area contributed by atoms with E-state index >= 15 is 0 Å². The van der Waals surface area contributed by atoms with Gasteiger partial charge in [0.1, 0.15) is 5.76 Å². The molecule has 1 fully saturated rings. The first-order chi connectivity index (χ1) is 15.0. The Morgan fingerprint density at radius 2 is 1.58 bits per heavy atom. The number of carbonyl (C=O) groups is 3. The number of amides is 1. The normalized spacial score (nSPS) is 17.6. The van der Waals surface area contributed by atoms with E-state index in [0.29, 0.717) is 22.4 Å². The summed E-state index contributed by atoms with van der Waals surface area (Å²) in [5.74, 6) is -2.34. The lowest BCUT2D eigenvalue weighted by molar-refractivity contribution is -0.132. The van der Waals surface area contributed by atoms with Crippen LogP contribution in [0.2, 0.25) is 0 Å². The van der Waals surface area contributed by atoms with Gasteiger partial charge in [-0.3, -0.25) is 19.5 Å². The van der Waals surface area contributed by atoms with E-state index in [1.807, 2.05) is 6.07 Å². The van der Waals surface area contributed by atoms with E-state index < -0.39 is 23.7 Å². The number of benzene rings is 2. The number of esters is 1. The number of carbonyl (C=O) groups excluding carboxylic acids is 3. The lowest BCUT2D eigenvalue weighted by Crippen LogP contribution is -2.29. The van der Waals surface area contributed by atoms with E-state index in [0.717, 1.165) is 0 Å². The van der Waals surface area contributed by atoms with E-state index in [4.69, 9.17) is 4.74 Å². The highest BCUT2D eigenvalue weighted by atomic mass is 16.5. The molecule has 1 unspecified atom stereocenters. The fourth-order valence-electron chi connectivity index (χ4n) is 3.59. The largest absolute Gasteiger partial charge is 0.507 e. The first kappa shape index (κ1) is 20.0. The third-order valence-electron chi connectivity index (χ3n) is 5.08. The molecular weight excluding hydrogens is 396 g/mol. The molecule has 1 saturated heterocycles. The average Bonchev–Trinajstić information content (AvgIpc) is 3.09. The molecule has 154 valence electrons. The highest BCUT2D eigenvalue weighted by molar-refractivity contribution is 6.51. The molecule has 0 bridgehead atoms. The SMILES string of the molecule is COC(=O)c1ccc(N2C(=O)C(=O)/C(=C(/O)c3ccncc3)C2c2ccccc2)cc1. The molecule has 0 radical (unpaired) electrons. The van der Waals surface area contributed by atoms with Crippen LogP contribution in [0, 0.1) is 0 Å². The van der Waals surface area contributed by atoms with Crippen molar-refractivity contribution in [3.05, 3.63) is 101 Å². The smallest absolute Gasteiger partial charge is 0.337 e. The van der Waals surface area contributed by atoms with Gasteiger partial charge in [-0.05, 0) is 42.0 Å². The Kier molecular flexibility index (Phi) is 5.32. The molecule has 31 heavy (non-hydrogen) atoms. The van der Waals surface area contributed by atoms with Crippen LogP contribution < -0.4 is 4.90 Å². The maximum atomic E-state index is 13.0. The molecule has 2 heterocycles. The highest BCUT2D eigenvalue weighted by Crippen LogP contribution is 2.42. The van der Waals surface area contributed by atoms with Crippen LogP contribution in [-0.4, -0.2) is 34.9 Å². The van der Waals surface area contributed by atoms with E-state index in [9.17, 15) is 19.5 Å².